The molecule has 0 radical (unpaired) electrons. The molecule has 0 spiro atoms. The van der Waals surface area contributed by atoms with Crippen LogP contribution >= 0.6 is 11.3 Å². The van der Waals surface area contributed by atoms with E-state index in [9.17, 15) is 0 Å². The average molecular weight is 628 g/mol. The van der Waals surface area contributed by atoms with Gasteiger partial charge in [0.15, 0.2) is 0 Å². The molecule has 0 aliphatic carbocycles. The number of benzene rings is 8. The molecule has 222 valence electrons. The molecule has 0 saturated heterocycles. The number of aromatic nitrogens is 3. The van der Waals surface area contributed by atoms with Crippen molar-refractivity contribution in [3.8, 4) is 17.2 Å². The minimum Gasteiger partial charge on any atom is -0.277 e. The van der Waals surface area contributed by atoms with Gasteiger partial charge in [-0.2, -0.15) is 0 Å². The molecule has 48 heavy (non-hydrogen) atoms. The smallest absolute Gasteiger partial charge is 0.235 e. The van der Waals surface area contributed by atoms with Gasteiger partial charge < -0.3 is 0 Å². The van der Waals surface area contributed by atoms with Crippen LogP contribution < -0.4 is 0 Å². The summed E-state index contributed by atoms with van der Waals surface area (Å²) in [6, 6.07) is 54.6. The molecule has 0 unspecified atom stereocenters. The Morgan fingerprint density at radius 3 is 1.92 bits per heavy atom. The summed E-state index contributed by atoms with van der Waals surface area (Å²) in [5, 5.41) is 13.3. The Hall–Kier alpha value is -6.10. The quantitative estimate of drug-likeness (QED) is 0.179. The minimum atomic E-state index is 0.677. The summed E-state index contributed by atoms with van der Waals surface area (Å²) < 4.78 is 4.93. The van der Waals surface area contributed by atoms with Gasteiger partial charge in [0, 0.05) is 52.7 Å². The highest BCUT2D eigenvalue weighted by atomic mass is 32.1. The maximum absolute atomic E-state index is 5.53. The van der Waals surface area contributed by atoms with E-state index in [1.54, 1.807) is 0 Å². The molecule has 0 aliphatic rings. The number of nitrogens with zero attached hydrogens (tertiary/aromatic N) is 3. The third-order valence-electron chi connectivity index (χ3n) is 9.96. The number of hydrogen-bond acceptors (Lipinski definition) is 3. The standard InChI is InChI=1S/C44H25N3S/c1-2-12-28-26(11-1)21-23-35-40-32-16-5-3-13-29(32)30-14-4-6-17-33(30)43(40)47(42(28)35)44-45-37-19-9-7-18-34(37)41(46-44)27-22-24-39-36(25-27)31-15-8-10-20-38(31)48-39/h1-25H. The van der Waals surface area contributed by atoms with Gasteiger partial charge in [0.2, 0.25) is 5.95 Å². The van der Waals surface area contributed by atoms with Crippen molar-refractivity contribution in [3.05, 3.63) is 152 Å². The highest BCUT2D eigenvalue weighted by Crippen LogP contribution is 2.44. The number of rotatable bonds is 2. The number of para-hydroxylation sites is 1. The lowest BCUT2D eigenvalue weighted by Crippen LogP contribution is -2.04. The zero-order valence-electron chi connectivity index (χ0n) is 25.7. The normalized spacial score (nSPS) is 12.2. The second-order valence-corrected chi connectivity index (χ2v) is 13.6. The fraction of sp³-hybridized carbons (Fsp3) is 0. The molecule has 0 aliphatic heterocycles. The third-order valence-corrected chi connectivity index (χ3v) is 11.1. The lowest BCUT2D eigenvalue weighted by Gasteiger charge is -2.14. The summed E-state index contributed by atoms with van der Waals surface area (Å²) in [5.74, 6) is 0.677. The predicted octanol–water partition coefficient (Wildman–Crippen LogP) is 12.2. The van der Waals surface area contributed by atoms with E-state index in [1.807, 2.05) is 11.3 Å². The number of thiophene rings is 1. The van der Waals surface area contributed by atoms with Gasteiger partial charge in [-0.3, -0.25) is 4.57 Å². The van der Waals surface area contributed by atoms with Gasteiger partial charge in [0.25, 0.3) is 0 Å². The van der Waals surface area contributed by atoms with Gasteiger partial charge in [-0.1, -0.05) is 127 Å². The molecule has 3 nitrogen and oxygen atoms in total. The molecular formula is C44H25N3S. The first-order chi connectivity index (χ1) is 23.8. The summed E-state index contributed by atoms with van der Waals surface area (Å²) >= 11 is 1.84. The second kappa shape index (κ2) is 9.71. The van der Waals surface area contributed by atoms with Crippen molar-refractivity contribution in [3.63, 3.8) is 0 Å². The van der Waals surface area contributed by atoms with Crippen LogP contribution in [0.2, 0.25) is 0 Å². The molecular weight excluding hydrogens is 603 g/mol. The van der Waals surface area contributed by atoms with Gasteiger partial charge in [0.05, 0.1) is 22.2 Å². The van der Waals surface area contributed by atoms with Crippen LogP contribution in [0.15, 0.2) is 152 Å². The SMILES string of the molecule is c1ccc2c(c1)ccc1c3c4ccccc4c4ccccc4c3n(-c3nc(-c4ccc5sc6ccccc6c5c4)c4ccccc4n3)c21. The van der Waals surface area contributed by atoms with Crippen LogP contribution in [0.1, 0.15) is 0 Å². The monoisotopic (exact) mass is 627 g/mol. The molecule has 11 aromatic rings. The summed E-state index contributed by atoms with van der Waals surface area (Å²) in [6.45, 7) is 0. The van der Waals surface area contributed by atoms with E-state index in [4.69, 9.17) is 9.97 Å². The van der Waals surface area contributed by atoms with E-state index in [0.29, 0.717) is 5.95 Å². The van der Waals surface area contributed by atoms with E-state index >= 15 is 0 Å². The van der Waals surface area contributed by atoms with Crippen molar-refractivity contribution >= 4 is 96.5 Å². The molecule has 0 N–H and O–H groups in total. The molecule has 8 aromatic carbocycles. The van der Waals surface area contributed by atoms with Crippen molar-refractivity contribution in [2.45, 2.75) is 0 Å². The van der Waals surface area contributed by atoms with Gasteiger partial charge >= 0.3 is 0 Å². The Bertz CT molecular complexity index is 3130. The molecule has 3 heterocycles. The van der Waals surface area contributed by atoms with E-state index in [-0.39, 0.29) is 0 Å². The Morgan fingerprint density at radius 2 is 1.06 bits per heavy atom. The molecule has 0 fully saturated rings. The van der Waals surface area contributed by atoms with Crippen LogP contribution in [0.5, 0.6) is 0 Å². The molecule has 3 aromatic heterocycles. The largest absolute Gasteiger partial charge is 0.277 e. The molecule has 11 rings (SSSR count). The highest BCUT2D eigenvalue weighted by molar-refractivity contribution is 7.25. The van der Waals surface area contributed by atoms with Crippen molar-refractivity contribution < 1.29 is 0 Å². The van der Waals surface area contributed by atoms with Crippen LogP contribution in [-0.2, 0) is 0 Å². The minimum absolute atomic E-state index is 0.677. The fourth-order valence-electron chi connectivity index (χ4n) is 7.89. The van der Waals surface area contributed by atoms with Gasteiger partial charge in [-0.15, -0.1) is 11.3 Å². The van der Waals surface area contributed by atoms with E-state index in [1.165, 1.54) is 63.3 Å². The zero-order chi connectivity index (χ0) is 31.3. The van der Waals surface area contributed by atoms with Crippen LogP contribution in [0.3, 0.4) is 0 Å². The van der Waals surface area contributed by atoms with Crippen molar-refractivity contribution in [2.24, 2.45) is 0 Å². The van der Waals surface area contributed by atoms with Crippen LogP contribution in [-0.4, -0.2) is 14.5 Å². The van der Waals surface area contributed by atoms with E-state index in [0.717, 1.165) is 33.2 Å². The second-order valence-electron chi connectivity index (χ2n) is 12.5. The maximum Gasteiger partial charge on any atom is 0.235 e. The lowest BCUT2D eigenvalue weighted by atomic mass is 9.96. The van der Waals surface area contributed by atoms with Crippen molar-refractivity contribution in [1.29, 1.82) is 0 Å². The topological polar surface area (TPSA) is 30.7 Å². The average Bonchev–Trinajstić information content (AvgIpc) is 3.71. The number of hydrogen-bond donors (Lipinski definition) is 0. The van der Waals surface area contributed by atoms with Gasteiger partial charge in [-0.05, 0) is 45.8 Å². The summed E-state index contributed by atoms with van der Waals surface area (Å²) in [7, 11) is 0. The van der Waals surface area contributed by atoms with Gasteiger partial charge in [0.1, 0.15) is 0 Å². The zero-order valence-corrected chi connectivity index (χ0v) is 26.5. The van der Waals surface area contributed by atoms with Crippen molar-refractivity contribution in [2.75, 3.05) is 0 Å². The highest BCUT2D eigenvalue weighted by Gasteiger charge is 2.23. The number of fused-ring (bicyclic) bond motifs is 14. The summed E-state index contributed by atoms with van der Waals surface area (Å²) in [6.07, 6.45) is 0. The van der Waals surface area contributed by atoms with E-state index in [2.05, 4.69) is 156 Å². The molecule has 0 saturated carbocycles. The predicted molar refractivity (Wildman–Crippen MR) is 205 cm³/mol. The molecule has 4 heteroatoms. The lowest BCUT2D eigenvalue weighted by molar-refractivity contribution is 1.02. The van der Waals surface area contributed by atoms with Crippen LogP contribution in [0, 0.1) is 0 Å². The molecule has 0 bridgehead atoms. The fourth-order valence-corrected chi connectivity index (χ4v) is 8.98. The van der Waals surface area contributed by atoms with E-state index < -0.39 is 0 Å². The maximum atomic E-state index is 5.53. The van der Waals surface area contributed by atoms with Gasteiger partial charge in [-0.25, -0.2) is 9.97 Å². The van der Waals surface area contributed by atoms with Crippen molar-refractivity contribution in [1.82, 2.24) is 14.5 Å². The Kier molecular flexibility index (Phi) is 5.26. The van der Waals surface area contributed by atoms with Crippen LogP contribution in [0.4, 0.5) is 0 Å². The Morgan fingerprint density at radius 1 is 0.417 bits per heavy atom. The van der Waals surface area contributed by atoms with Crippen LogP contribution in [0.25, 0.3) is 102 Å². The molecule has 0 atom stereocenters. The summed E-state index contributed by atoms with van der Waals surface area (Å²) in [5.41, 5.74) is 5.22. The first-order valence-electron chi connectivity index (χ1n) is 16.3. The Labute approximate surface area is 278 Å². The summed E-state index contributed by atoms with van der Waals surface area (Å²) in [4.78, 5) is 10.9. The first kappa shape index (κ1) is 26.0. The first-order valence-corrected chi connectivity index (χ1v) is 17.1. The molecule has 0 amide bonds. The third kappa shape index (κ3) is 3.52. The Balaban J connectivity index is 1.34.